The zero-order chi connectivity index (χ0) is 15.1. The zero-order valence-corrected chi connectivity index (χ0v) is 13.6. The van der Waals surface area contributed by atoms with Gasteiger partial charge in [0.05, 0.1) is 5.75 Å². The van der Waals surface area contributed by atoms with Gasteiger partial charge in [-0.05, 0) is 26.7 Å². The molecule has 7 heteroatoms. The SMILES string of the molecule is CCCN(CCC)C(=O)CSc1nnc(N)n1C(C)C. The Bertz CT molecular complexity index is 426. The number of anilines is 1. The molecule has 0 fully saturated rings. The van der Waals surface area contributed by atoms with Crippen LogP contribution in [-0.4, -0.2) is 44.4 Å². The van der Waals surface area contributed by atoms with Crippen molar-refractivity contribution >= 4 is 23.6 Å². The lowest BCUT2D eigenvalue weighted by Gasteiger charge is -2.21. The van der Waals surface area contributed by atoms with Crippen molar-refractivity contribution < 1.29 is 4.79 Å². The van der Waals surface area contributed by atoms with E-state index < -0.39 is 0 Å². The molecular weight excluding hydrogens is 274 g/mol. The highest BCUT2D eigenvalue weighted by molar-refractivity contribution is 7.99. The molecule has 0 aromatic carbocycles. The van der Waals surface area contributed by atoms with E-state index in [1.165, 1.54) is 11.8 Å². The summed E-state index contributed by atoms with van der Waals surface area (Å²) in [5, 5.41) is 8.63. The number of thioether (sulfide) groups is 1. The molecule has 20 heavy (non-hydrogen) atoms. The summed E-state index contributed by atoms with van der Waals surface area (Å²) in [5.74, 6) is 0.926. The molecular formula is C13H25N5OS. The van der Waals surface area contributed by atoms with Crippen LogP contribution < -0.4 is 5.73 Å². The van der Waals surface area contributed by atoms with Gasteiger partial charge in [-0.25, -0.2) is 0 Å². The molecule has 6 nitrogen and oxygen atoms in total. The highest BCUT2D eigenvalue weighted by atomic mass is 32.2. The fraction of sp³-hybridized carbons (Fsp3) is 0.769. The largest absolute Gasteiger partial charge is 0.368 e. The lowest BCUT2D eigenvalue weighted by atomic mass is 10.3. The number of nitrogens with zero attached hydrogens (tertiary/aromatic N) is 4. The molecule has 0 unspecified atom stereocenters. The number of nitrogen functional groups attached to an aromatic ring is 1. The molecule has 0 saturated carbocycles. The molecule has 2 N–H and O–H groups in total. The van der Waals surface area contributed by atoms with Gasteiger partial charge in [-0.15, -0.1) is 10.2 Å². The van der Waals surface area contributed by atoms with E-state index in [4.69, 9.17) is 5.73 Å². The van der Waals surface area contributed by atoms with Gasteiger partial charge in [-0.2, -0.15) is 0 Å². The van der Waals surface area contributed by atoms with Crippen molar-refractivity contribution in [1.82, 2.24) is 19.7 Å². The Morgan fingerprint density at radius 3 is 2.40 bits per heavy atom. The zero-order valence-electron chi connectivity index (χ0n) is 12.8. The fourth-order valence-electron chi connectivity index (χ4n) is 1.99. The molecule has 1 amide bonds. The monoisotopic (exact) mass is 299 g/mol. The van der Waals surface area contributed by atoms with Crippen LogP contribution in [0.25, 0.3) is 0 Å². The average Bonchev–Trinajstić information content (AvgIpc) is 2.77. The number of aromatic nitrogens is 3. The Kier molecular flexibility index (Phi) is 6.84. The quantitative estimate of drug-likeness (QED) is 0.744. The summed E-state index contributed by atoms with van der Waals surface area (Å²) in [6.07, 6.45) is 1.96. The number of rotatable bonds is 8. The predicted molar refractivity (Wildman–Crippen MR) is 82.7 cm³/mol. The van der Waals surface area contributed by atoms with Crippen LogP contribution >= 0.6 is 11.8 Å². The minimum Gasteiger partial charge on any atom is -0.368 e. The van der Waals surface area contributed by atoms with Crippen LogP contribution in [-0.2, 0) is 4.79 Å². The van der Waals surface area contributed by atoms with E-state index >= 15 is 0 Å². The second-order valence-electron chi connectivity index (χ2n) is 4.97. The van der Waals surface area contributed by atoms with Gasteiger partial charge in [0.1, 0.15) is 0 Å². The van der Waals surface area contributed by atoms with E-state index in [-0.39, 0.29) is 11.9 Å². The minimum absolute atomic E-state index is 0.149. The van der Waals surface area contributed by atoms with Crippen LogP contribution in [0.2, 0.25) is 0 Å². The molecule has 0 aliphatic rings. The van der Waals surface area contributed by atoms with Gasteiger partial charge in [0.15, 0.2) is 5.16 Å². The third-order valence-electron chi connectivity index (χ3n) is 2.87. The summed E-state index contributed by atoms with van der Waals surface area (Å²) in [6, 6.07) is 0.185. The first kappa shape index (κ1) is 16.8. The summed E-state index contributed by atoms with van der Waals surface area (Å²) in [5.41, 5.74) is 5.78. The summed E-state index contributed by atoms with van der Waals surface area (Å²) >= 11 is 1.40. The van der Waals surface area contributed by atoms with Crippen molar-refractivity contribution in [2.75, 3.05) is 24.6 Å². The van der Waals surface area contributed by atoms with Crippen LogP contribution in [0.1, 0.15) is 46.6 Å². The number of carbonyl (C=O) groups is 1. The first-order valence-electron chi connectivity index (χ1n) is 7.12. The van der Waals surface area contributed by atoms with Crippen molar-refractivity contribution in [2.45, 2.75) is 51.7 Å². The van der Waals surface area contributed by atoms with Crippen molar-refractivity contribution in [2.24, 2.45) is 0 Å². The standard InChI is InChI=1S/C13H25N5OS/c1-5-7-17(8-6-2)11(19)9-20-13-16-15-12(14)18(13)10(3)4/h10H,5-9H2,1-4H3,(H2,14,15). The van der Waals surface area contributed by atoms with E-state index in [1.807, 2.05) is 23.3 Å². The maximum absolute atomic E-state index is 12.2. The lowest BCUT2D eigenvalue weighted by molar-refractivity contribution is -0.128. The van der Waals surface area contributed by atoms with E-state index in [2.05, 4.69) is 24.0 Å². The van der Waals surface area contributed by atoms with E-state index in [0.29, 0.717) is 16.9 Å². The maximum atomic E-state index is 12.2. The van der Waals surface area contributed by atoms with Crippen molar-refractivity contribution in [3.63, 3.8) is 0 Å². The Morgan fingerprint density at radius 2 is 1.90 bits per heavy atom. The Balaban J connectivity index is 2.64. The smallest absolute Gasteiger partial charge is 0.233 e. The first-order valence-corrected chi connectivity index (χ1v) is 8.10. The van der Waals surface area contributed by atoms with E-state index in [0.717, 1.165) is 25.9 Å². The number of hydrogen-bond acceptors (Lipinski definition) is 5. The number of carbonyl (C=O) groups excluding carboxylic acids is 1. The minimum atomic E-state index is 0.149. The molecule has 1 rings (SSSR count). The fourth-order valence-corrected chi connectivity index (χ4v) is 2.97. The molecule has 0 spiro atoms. The van der Waals surface area contributed by atoms with Gasteiger partial charge in [0.25, 0.3) is 0 Å². The molecule has 0 aliphatic carbocycles. The van der Waals surface area contributed by atoms with Gasteiger partial charge in [0.2, 0.25) is 11.9 Å². The number of hydrogen-bond donors (Lipinski definition) is 1. The second kappa shape index (κ2) is 8.14. The van der Waals surface area contributed by atoms with Gasteiger partial charge in [-0.1, -0.05) is 25.6 Å². The molecule has 0 atom stereocenters. The third kappa shape index (κ3) is 4.40. The molecule has 1 aromatic rings. The summed E-state index contributed by atoms with van der Waals surface area (Å²) in [7, 11) is 0. The number of nitrogens with two attached hydrogens (primary N) is 1. The Hall–Kier alpha value is -1.24. The van der Waals surface area contributed by atoms with Gasteiger partial charge in [-0.3, -0.25) is 9.36 Å². The van der Waals surface area contributed by atoms with E-state index in [1.54, 1.807) is 0 Å². The average molecular weight is 299 g/mol. The maximum Gasteiger partial charge on any atom is 0.233 e. The molecule has 0 aliphatic heterocycles. The molecule has 1 aromatic heterocycles. The number of amides is 1. The van der Waals surface area contributed by atoms with Gasteiger partial charge < -0.3 is 10.6 Å². The molecule has 0 saturated heterocycles. The Morgan fingerprint density at radius 1 is 1.30 bits per heavy atom. The predicted octanol–water partition coefficient (Wildman–Crippen LogP) is 2.18. The van der Waals surface area contributed by atoms with Crippen LogP contribution in [0.15, 0.2) is 5.16 Å². The van der Waals surface area contributed by atoms with Crippen LogP contribution in [0.5, 0.6) is 0 Å². The third-order valence-corrected chi connectivity index (χ3v) is 3.80. The molecule has 0 bridgehead atoms. The van der Waals surface area contributed by atoms with Crippen LogP contribution in [0.3, 0.4) is 0 Å². The van der Waals surface area contributed by atoms with Crippen LogP contribution in [0, 0.1) is 0 Å². The topological polar surface area (TPSA) is 77.0 Å². The highest BCUT2D eigenvalue weighted by Crippen LogP contribution is 2.22. The Labute approximate surface area is 125 Å². The van der Waals surface area contributed by atoms with E-state index in [9.17, 15) is 4.79 Å². The molecule has 1 heterocycles. The summed E-state index contributed by atoms with van der Waals surface area (Å²) in [4.78, 5) is 14.1. The summed E-state index contributed by atoms with van der Waals surface area (Å²) in [6.45, 7) is 9.83. The molecule has 114 valence electrons. The lowest BCUT2D eigenvalue weighted by Crippen LogP contribution is -2.33. The summed E-state index contributed by atoms with van der Waals surface area (Å²) < 4.78 is 1.85. The van der Waals surface area contributed by atoms with Crippen molar-refractivity contribution in [3.8, 4) is 0 Å². The second-order valence-corrected chi connectivity index (χ2v) is 5.92. The van der Waals surface area contributed by atoms with Gasteiger partial charge in [0, 0.05) is 19.1 Å². The van der Waals surface area contributed by atoms with Crippen molar-refractivity contribution in [1.29, 1.82) is 0 Å². The van der Waals surface area contributed by atoms with Crippen LogP contribution in [0.4, 0.5) is 5.95 Å². The first-order chi connectivity index (χ1) is 9.51. The highest BCUT2D eigenvalue weighted by Gasteiger charge is 2.17. The van der Waals surface area contributed by atoms with Gasteiger partial charge >= 0.3 is 0 Å². The molecule has 0 radical (unpaired) electrons. The normalized spacial score (nSPS) is 11.1. The van der Waals surface area contributed by atoms with Crippen molar-refractivity contribution in [3.05, 3.63) is 0 Å².